The van der Waals surface area contributed by atoms with E-state index >= 15 is 0 Å². The van der Waals surface area contributed by atoms with Crippen LogP contribution in [0.2, 0.25) is 0 Å². The number of benzene rings is 1. The van der Waals surface area contributed by atoms with Crippen LogP contribution < -0.4 is 0 Å². The molecule has 0 saturated carbocycles. The second-order valence-corrected chi connectivity index (χ2v) is 13.7. The first-order chi connectivity index (χ1) is 21.3. The van der Waals surface area contributed by atoms with Gasteiger partial charge in [-0.3, -0.25) is 0 Å². The predicted molar refractivity (Wildman–Crippen MR) is 193 cm³/mol. The van der Waals surface area contributed by atoms with Crippen molar-refractivity contribution in [3.63, 3.8) is 0 Å². The Morgan fingerprint density at radius 1 is 0.465 bits per heavy atom. The van der Waals surface area contributed by atoms with E-state index < -0.39 is 0 Å². The van der Waals surface area contributed by atoms with E-state index in [1.54, 1.807) is 0 Å². The van der Waals surface area contributed by atoms with Crippen molar-refractivity contribution in [2.75, 3.05) is 0 Å². The van der Waals surface area contributed by atoms with Gasteiger partial charge in [0.1, 0.15) is 0 Å². The highest BCUT2D eigenvalue weighted by Crippen LogP contribution is 2.37. The lowest BCUT2D eigenvalue weighted by Gasteiger charge is -2.26. The van der Waals surface area contributed by atoms with Crippen LogP contribution in [-0.2, 0) is 6.42 Å². The molecule has 43 heavy (non-hydrogen) atoms. The molecule has 0 aromatic heterocycles. The van der Waals surface area contributed by atoms with Crippen LogP contribution in [0, 0.1) is 18.0 Å². The third-order valence-electron chi connectivity index (χ3n) is 9.77. The molecule has 1 heterocycles. The minimum Gasteiger partial charge on any atom is -0.0965 e. The van der Waals surface area contributed by atoms with Gasteiger partial charge in [-0.2, -0.15) is 0 Å². The lowest BCUT2D eigenvalue weighted by atomic mass is 9.78. The molecule has 0 saturated heterocycles. The van der Waals surface area contributed by atoms with Gasteiger partial charge in [0.15, 0.2) is 12.4 Å². The van der Waals surface area contributed by atoms with Gasteiger partial charge < -0.3 is 0 Å². The van der Waals surface area contributed by atoms with Crippen molar-refractivity contribution in [1.29, 1.82) is 0 Å². The number of hydrogen-bond acceptors (Lipinski definition) is 2. The molecular formula is C41H71N2+. The minimum absolute atomic E-state index is 0.496. The van der Waals surface area contributed by atoms with Crippen LogP contribution in [0.25, 0.3) is 0 Å². The van der Waals surface area contributed by atoms with Crippen LogP contribution in [-0.4, -0.2) is 12.4 Å². The molecule has 2 heteroatoms. The summed E-state index contributed by atoms with van der Waals surface area (Å²) in [7, 11) is 0. The molecule has 2 atom stereocenters. The van der Waals surface area contributed by atoms with Gasteiger partial charge in [-0.1, -0.05) is 215 Å². The fourth-order valence-electron chi connectivity index (χ4n) is 7.01. The molecule has 0 aliphatic carbocycles. The number of rotatable bonds is 31. The van der Waals surface area contributed by atoms with Crippen LogP contribution in [0.15, 0.2) is 40.3 Å². The summed E-state index contributed by atoms with van der Waals surface area (Å²) in [6.07, 6.45) is 44.1. The monoisotopic (exact) mass is 592 g/mol. The zero-order valence-corrected chi connectivity index (χ0v) is 28.9. The van der Waals surface area contributed by atoms with E-state index in [9.17, 15) is 0 Å². The predicted octanol–water partition coefficient (Wildman–Crippen LogP) is 13.7. The summed E-state index contributed by atoms with van der Waals surface area (Å²) < 4.78 is 0. The summed E-state index contributed by atoms with van der Waals surface area (Å²) in [5.74, 6) is 1.14. The molecule has 0 spiro atoms. The highest BCUT2D eigenvalue weighted by molar-refractivity contribution is 6.18. The van der Waals surface area contributed by atoms with E-state index in [1.165, 1.54) is 179 Å². The normalized spacial score (nSPS) is 14.1. The van der Waals surface area contributed by atoms with Crippen LogP contribution in [0.3, 0.4) is 0 Å². The molecule has 0 bridgehead atoms. The zero-order chi connectivity index (χ0) is 30.5. The summed E-state index contributed by atoms with van der Waals surface area (Å²) >= 11 is 0. The van der Waals surface area contributed by atoms with Crippen molar-refractivity contribution < 1.29 is 0 Å². The summed E-state index contributed by atoms with van der Waals surface area (Å²) in [6.45, 7) is 4.61. The van der Waals surface area contributed by atoms with E-state index in [-0.39, 0.29) is 0 Å². The van der Waals surface area contributed by atoms with E-state index in [2.05, 4.69) is 44.2 Å². The Morgan fingerprint density at radius 3 is 1.26 bits per heavy atom. The van der Waals surface area contributed by atoms with Crippen molar-refractivity contribution in [3.05, 3.63) is 42.1 Å². The van der Waals surface area contributed by atoms with Gasteiger partial charge in [0, 0.05) is 0 Å². The maximum Gasteiger partial charge on any atom is 0.244 e. The number of unbranched alkanes of at least 4 members (excludes halogenated alkanes) is 23. The maximum atomic E-state index is 4.75. The fraction of sp³-hybridized carbons (Fsp3) is 0.780. The standard InChI is InChI=1S/C41H71N2/c1-3-5-7-9-11-13-14-15-16-17-18-19-20-21-23-25-30-34-40(41-42-35-36-43-41)39(37-38-31-27-26-28-32-38)33-29-24-22-12-10-8-6-4-2/h26-28,31-32,35-36,39-40H,3-25,29-30,33-34,37H2,1-2H3/q+1. The molecule has 1 aromatic rings. The molecule has 0 amide bonds. The van der Waals surface area contributed by atoms with Crippen molar-refractivity contribution >= 4 is 12.4 Å². The Morgan fingerprint density at radius 2 is 0.837 bits per heavy atom. The summed E-state index contributed by atoms with van der Waals surface area (Å²) in [4.78, 5) is 9.50. The average molecular weight is 592 g/mol. The van der Waals surface area contributed by atoms with E-state index in [4.69, 9.17) is 9.98 Å². The molecule has 0 radical (unpaired) electrons. The minimum atomic E-state index is 0.496. The van der Waals surface area contributed by atoms with Gasteiger partial charge >= 0.3 is 0 Å². The van der Waals surface area contributed by atoms with E-state index in [0.717, 1.165) is 12.6 Å². The van der Waals surface area contributed by atoms with Gasteiger partial charge in [0.05, 0.1) is 5.92 Å². The van der Waals surface area contributed by atoms with Crippen LogP contribution in [0.4, 0.5) is 0 Å². The zero-order valence-electron chi connectivity index (χ0n) is 28.9. The number of nitrogens with zero attached hydrogens (tertiary/aromatic N) is 2. The summed E-state index contributed by atoms with van der Waals surface area (Å²) in [5, 5.41) is 0. The van der Waals surface area contributed by atoms with Gasteiger partial charge in [0.25, 0.3) is 0 Å². The first kappa shape index (κ1) is 37.6. The lowest BCUT2D eigenvalue weighted by Crippen LogP contribution is -2.22. The largest absolute Gasteiger partial charge is 0.244 e. The molecular weight excluding hydrogens is 520 g/mol. The topological polar surface area (TPSA) is 24.7 Å². The Balaban J connectivity index is 1.63. The first-order valence-corrected chi connectivity index (χ1v) is 19.3. The quantitative estimate of drug-likeness (QED) is 0.0606. The highest BCUT2D eigenvalue weighted by atomic mass is 15.0. The Hall–Kier alpha value is -1.57. The SMILES string of the molecule is CCCCCCCCCCCCCCCCCCCC([C+]1N=CC=N1)C(CCCCCCCCCC)Cc1ccccc1. The third kappa shape index (κ3) is 20.2. The molecule has 2 rings (SSSR count). The van der Waals surface area contributed by atoms with Crippen molar-refractivity contribution in [3.8, 4) is 0 Å². The molecule has 1 aliphatic rings. The van der Waals surface area contributed by atoms with Gasteiger partial charge in [-0.15, -0.1) is 0 Å². The molecule has 1 aliphatic heterocycles. The number of hydrogen-bond donors (Lipinski definition) is 0. The number of aliphatic imine (C=N–C) groups is 2. The average Bonchev–Trinajstić information content (AvgIpc) is 3.57. The van der Waals surface area contributed by atoms with E-state index in [0.29, 0.717) is 11.8 Å². The molecule has 2 unspecified atom stereocenters. The lowest BCUT2D eigenvalue weighted by molar-refractivity contribution is 0.284. The molecule has 0 fully saturated rings. The van der Waals surface area contributed by atoms with Crippen molar-refractivity contribution in [2.24, 2.45) is 21.8 Å². The third-order valence-corrected chi connectivity index (χ3v) is 9.77. The maximum absolute atomic E-state index is 4.75. The van der Waals surface area contributed by atoms with Gasteiger partial charge in [0.2, 0.25) is 6.17 Å². The van der Waals surface area contributed by atoms with Crippen molar-refractivity contribution in [1.82, 2.24) is 0 Å². The molecule has 244 valence electrons. The Kier molecular flexibility index (Phi) is 24.4. The first-order valence-electron chi connectivity index (χ1n) is 19.3. The second kappa shape index (κ2) is 27.9. The molecule has 2 nitrogen and oxygen atoms in total. The Bertz CT molecular complexity index is 757. The highest BCUT2D eigenvalue weighted by Gasteiger charge is 2.35. The molecule has 1 aromatic carbocycles. The smallest absolute Gasteiger partial charge is 0.0965 e. The summed E-state index contributed by atoms with van der Waals surface area (Å²) in [6, 6.07) is 11.2. The van der Waals surface area contributed by atoms with Crippen molar-refractivity contribution in [2.45, 2.75) is 194 Å². The van der Waals surface area contributed by atoms with Crippen LogP contribution >= 0.6 is 0 Å². The summed E-state index contributed by atoms with van der Waals surface area (Å²) in [5.41, 5.74) is 1.48. The Labute approximate surface area is 269 Å². The second-order valence-electron chi connectivity index (χ2n) is 13.7. The van der Waals surface area contributed by atoms with Gasteiger partial charge in [-0.05, 0) is 30.7 Å². The van der Waals surface area contributed by atoms with Gasteiger partial charge in [-0.25, -0.2) is 0 Å². The van der Waals surface area contributed by atoms with Crippen LogP contribution in [0.5, 0.6) is 0 Å². The van der Waals surface area contributed by atoms with E-state index in [1.807, 2.05) is 12.4 Å². The molecule has 0 N–H and O–H groups in total. The fourth-order valence-corrected chi connectivity index (χ4v) is 7.01. The van der Waals surface area contributed by atoms with Crippen LogP contribution in [0.1, 0.15) is 193 Å².